The third kappa shape index (κ3) is 4.08. The molecule has 0 spiro atoms. The molecule has 1 fully saturated rings. The van der Waals surface area contributed by atoms with E-state index in [0.717, 1.165) is 31.4 Å². The average Bonchev–Trinajstić information content (AvgIpc) is 2.89. The van der Waals surface area contributed by atoms with Crippen LogP contribution in [0.4, 0.5) is 0 Å². The highest BCUT2D eigenvalue weighted by Gasteiger charge is 2.33. The third-order valence-corrected chi connectivity index (χ3v) is 4.48. The van der Waals surface area contributed by atoms with Crippen LogP contribution in [0, 0.1) is 0 Å². The summed E-state index contributed by atoms with van der Waals surface area (Å²) in [7, 11) is 0. The Morgan fingerprint density at radius 1 is 1.28 bits per heavy atom. The number of benzene rings is 1. The molecule has 1 aliphatic heterocycles. The molecule has 1 saturated heterocycles. The molecule has 18 heavy (non-hydrogen) atoms. The predicted octanol–water partition coefficient (Wildman–Crippen LogP) is 3.93. The van der Waals surface area contributed by atoms with Crippen LogP contribution < -0.4 is 0 Å². The van der Waals surface area contributed by atoms with Crippen molar-refractivity contribution in [1.82, 2.24) is 0 Å². The Kier molecular flexibility index (Phi) is 5.67. The van der Waals surface area contributed by atoms with E-state index >= 15 is 0 Å². The van der Waals surface area contributed by atoms with E-state index in [2.05, 4.69) is 28.1 Å². The molecule has 1 unspecified atom stereocenters. The minimum atomic E-state index is 0.0795. The van der Waals surface area contributed by atoms with Gasteiger partial charge in [-0.15, -0.1) is 0 Å². The fourth-order valence-electron chi connectivity index (χ4n) is 2.39. The van der Waals surface area contributed by atoms with Crippen molar-refractivity contribution >= 4 is 15.9 Å². The number of ether oxygens (including phenoxy) is 2. The van der Waals surface area contributed by atoms with E-state index in [4.69, 9.17) is 9.47 Å². The minimum absolute atomic E-state index is 0.0795. The number of hydrogen-bond acceptors (Lipinski definition) is 2. The van der Waals surface area contributed by atoms with Crippen molar-refractivity contribution in [2.45, 2.75) is 37.9 Å². The second kappa shape index (κ2) is 7.27. The van der Waals surface area contributed by atoms with Crippen molar-refractivity contribution in [3.63, 3.8) is 0 Å². The van der Waals surface area contributed by atoms with Gasteiger partial charge in [-0.05, 0) is 31.2 Å². The van der Waals surface area contributed by atoms with Crippen LogP contribution in [0.15, 0.2) is 30.3 Å². The molecule has 1 aliphatic rings. The molecule has 100 valence electrons. The molecule has 2 rings (SSSR count). The summed E-state index contributed by atoms with van der Waals surface area (Å²) in [5, 5.41) is 0.943. The molecule has 0 saturated carbocycles. The highest BCUT2D eigenvalue weighted by atomic mass is 79.9. The van der Waals surface area contributed by atoms with E-state index < -0.39 is 0 Å². The van der Waals surface area contributed by atoms with E-state index in [-0.39, 0.29) is 5.60 Å². The van der Waals surface area contributed by atoms with Crippen molar-refractivity contribution in [2.24, 2.45) is 0 Å². The van der Waals surface area contributed by atoms with Gasteiger partial charge in [0.25, 0.3) is 0 Å². The van der Waals surface area contributed by atoms with Crippen LogP contribution in [-0.2, 0) is 16.1 Å². The summed E-state index contributed by atoms with van der Waals surface area (Å²) in [6.45, 7) is 2.44. The van der Waals surface area contributed by atoms with Crippen LogP contribution in [0.3, 0.4) is 0 Å². The highest BCUT2D eigenvalue weighted by Crippen LogP contribution is 2.32. The summed E-state index contributed by atoms with van der Waals surface area (Å²) >= 11 is 3.57. The quantitative estimate of drug-likeness (QED) is 0.561. The van der Waals surface area contributed by atoms with Crippen LogP contribution in [0.25, 0.3) is 0 Å². The topological polar surface area (TPSA) is 18.5 Å². The second-order valence-electron chi connectivity index (χ2n) is 4.91. The molecule has 0 aliphatic carbocycles. The van der Waals surface area contributed by atoms with Gasteiger partial charge in [0.15, 0.2) is 0 Å². The lowest BCUT2D eigenvalue weighted by atomic mass is 9.97. The predicted molar refractivity (Wildman–Crippen MR) is 77.0 cm³/mol. The lowest BCUT2D eigenvalue weighted by molar-refractivity contribution is 0.00817. The smallest absolute Gasteiger partial charge is 0.0780 e. The Bertz CT molecular complexity index is 334. The van der Waals surface area contributed by atoms with Gasteiger partial charge in [-0.1, -0.05) is 46.3 Å². The monoisotopic (exact) mass is 312 g/mol. The summed E-state index contributed by atoms with van der Waals surface area (Å²) in [5.74, 6) is 0. The van der Waals surface area contributed by atoms with Gasteiger partial charge >= 0.3 is 0 Å². The van der Waals surface area contributed by atoms with Crippen LogP contribution in [0.1, 0.15) is 31.2 Å². The second-order valence-corrected chi connectivity index (χ2v) is 5.47. The zero-order valence-corrected chi connectivity index (χ0v) is 12.3. The summed E-state index contributed by atoms with van der Waals surface area (Å²) in [6.07, 6.45) is 4.53. The number of alkyl halides is 1. The summed E-state index contributed by atoms with van der Waals surface area (Å²) in [6, 6.07) is 10.3. The first-order valence-electron chi connectivity index (χ1n) is 6.66. The Hall–Kier alpha value is -0.380. The molecule has 3 heteroatoms. The Labute approximate surface area is 118 Å². The van der Waals surface area contributed by atoms with Crippen molar-refractivity contribution in [3.8, 4) is 0 Å². The largest absolute Gasteiger partial charge is 0.377 e. The SMILES string of the molecule is BrCC1(CCCOCc2ccccc2)CCCO1. The molecule has 0 radical (unpaired) electrons. The van der Waals surface area contributed by atoms with Gasteiger partial charge in [0, 0.05) is 18.5 Å². The number of halogens is 1. The van der Waals surface area contributed by atoms with Gasteiger partial charge in [0.05, 0.1) is 12.2 Å². The molecular formula is C15H21BrO2. The molecule has 0 aromatic heterocycles. The Morgan fingerprint density at radius 2 is 2.11 bits per heavy atom. The van der Waals surface area contributed by atoms with Crippen LogP contribution in [-0.4, -0.2) is 24.1 Å². The van der Waals surface area contributed by atoms with E-state index in [1.165, 1.54) is 18.4 Å². The number of rotatable bonds is 7. The Balaban J connectivity index is 1.61. The van der Waals surface area contributed by atoms with Crippen molar-refractivity contribution < 1.29 is 9.47 Å². The highest BCUT2D eigenvalue weighted by molar-refractivity contribution is 9.09. The van der Waals surface area contributed by atoms with Gasteiger partial charge in [0.1, 0.15) is 0 Å². The average molecular weight is 313 g/mol. The van der Waals surface area contributed by atoms with Gasteiger partial charge < -0.3 is 9.47 Å². The van der Waals surface area contributed by atoms with Gasteiger partial charge in [-0.3, -0.25) is 0 Å². The summed E-state index contributed by atoms with van der Waals surface area (Å²) in [4.78, 5) is 0. The van der Waals surface area contributed by atoms with Gasteiger partial charge in [-0.25, -0.2) is 0 Å². The summed E-state index contributed by atoms with van der Waals surface area (Å²) in [5.41, 5.74) is 1.32. The fourth-order valence-corrected chi connectivity index (χ4v) is 3.11. The summed E-state index contributed by atoms with van der Waals surface area (Å²) < 4.78 is 11.6. The van der Waals surface area contributed by atoms with Gasteiger partial charge in [-0.2, -0.15) is 0 Å². The molecule has 0 N–H and O–H groups in total. The van der Waals surface area contributed by atoms with Crippen molar-refractivity contribution in [3.05, 3.63) is 35.9 Å². The normalized spacial score (nSPS) is 23.4. The third-order valence-electron chi connectivity index (χ3n) is 3.46. The van der Waals surface area contributed by atoms with E-state index in [1.54, 1.807) is 0 Å². The number of hydrogen-bond donors (Lipinski definition) is 0. The molecule has 1 aromatic carbocycles. The van der Waals surface area contributed by atoms with Crippen LogP contribution in [0.2, 0.25) is 0 Å². The molecule has 1 aromatic rings. The Morgan fingerprint density at radius 3 is 2.78 bits per heavy atom. The maximum atomic E-state index is 5.85. The molecule has 0 amide bonds. The lowest BCUT2D eigenvalue weighted by Crippen LogP contribution is -2.30. The van der Waals surface area contributed by atoms with Crippen molar-refractivity contribution in [2.75, 3.05) is 18.5 Å². The van der Waals surface area contributed by atoms with Crippen LogP contribution >= 0.6 is 15.9 Å². The van der Waals surface area contributed by atoms with Gasteiger partial charge in [0.2, 0.25) is 0 Å². The first-order valence-corrected chi connectivity index (χ1v) is 7.78. The maximum absolute atomic E-state index is 5.85. The van der Waals surface area contributed by atoms with E-state index in [9.17, 15) is 0 Å². The zero-order valence-electron chi connectivity index (χ0n) is 10.7. The maximum Gasteiger partial charge on any atom is 0.0780 e. The lowest BCUT2D eigenvalue weighted by Gasteiger charge is -2.25. The van der Waals surface area contributed by atoms with Crippen LogP contribution in [0.5, 0.6) is 0 Å². The first kappa shape index (κ1) is 14.0. The molecule has 1 atom stereocenters. The standard InChI is InChI=1S/C15H21BrO2/c16-13-15(9-5-11-18-15)8-4-10-17-12-14-6-2-1-3-7-14/h1-3,6-7H,4-5,8-13H2. The zero-order chi connectivity index (χ0) is 12.7. The molecular weight excluding hydrogens is 292 g/mol. The first-order chi connectivity index (χ1) is 8.85. The van der Waals surface area contributed by atoms with Crippen molar-refractivity contribution in [1.29, 1.82) is 0 Å². The molecule has 1 heterocycles. The van der Waals surface area contributed by atoms with E-state index in [0.29, 0.717) is 6.61 Å². The molecule has 2 nitrogen and oxygen atoms in total. The molecule has 0 bridgehead atoms. The fraction of sp³-hybridized carbons (Fsp3) is 0.600. The van der Waals surface area contributed by atoms with E-state index in [1.807, 2.05) is 18.2 Å². The minimum Gasteiger partial charge on any atom is -0.377 e.